The largest absolute Gasteiger partial charge is 0.434 e. The Kier molecular flexibility index (Phi) is 4.40. The lowest BCUT2D eigenvalue weighted by atomic mass is 10.3. The van der Waals surface area contributed by atoms with Crippen molar-refractivity contribution in [3.63, 3.8) is 0 Å². The number of aliphatic hydroxyl groups is 1. The summed E-state index contributed by atoms with van der Waals surface area (Å²) >= 11 is 0. The fraction of sp³-hybridized carbons (Fsp3) is 0.111. The van der Waals surface area contributed by atoms with E-state index in [0.29, 0.717) is 17.1 Å². The van der Waals surface area contributed by atoms with E-state index in [0.717, 1.165) is 12.4 Å². The van der Waals surface area contributed by atoms with Gasteiger partial charge in [-0.15, -0.1) is 0 Å². The Hall–Kier alpha value is -3.53. The van der Waals surface area contributed by atoms with Crippen molar-refractivity contribution in [3.05, 3.63) is 72.7 Å². The summed E-state index contributed by atoms with van der Waals surface area (Å²) in [5, 5.41) is 9.38. The van der Waals surface area contributed by atoms with Crippen LogP contribution in [0.5, 0.6) is 0 Å². The topological polar surface area (TPSA) is 79.4 Å². The molecule has 1 aliphatic rings. The molecule has 1 aliphatic heterocycles. The van der Waals surface area contributed by atoms with Crippen molar-refractivity contribution in [2.24, 2.45) is 0 Å². The minimum atomic E-state index is -4.58. The van der Waals surface area contributed by atoms with Crippen LogP contribution in [-0.4, -0.2) is 36.1 Å². The van der Waals surface area contributed by atoms with E-state index in [9.17, 15) is 18.3 Å². The first-order valence-corrected chi connectivity index (χ1v) is 8.14. The fourth-order valence-corrected chi connectivity index (χ4v) is 2.64. The Bertz CT molecular complexity index is 1120. The molecule has 4 heterocycles. The van der Waals surface area contributed by atoms with Crippen molar-refractivity contribution in [1.29, 1.82) is 0 Å². The third-order valence-corrected chi connectivity index (χ3v) is 3.98. The molecule has 0 fully saturated rings. The monoisotopic (exact) mass is 386 g/mol. The SMILES string of the molecule is OCC1=CN(c2ccnc(-c3cnc4cnc(C(F)(F)F)cn34)n2)C=CC=C1. The zero-order valence-corrected chi connectivity index (χ0v) is 14.2. The number of hydrogen-bond donors (Lipinski definition) is 1. The van der Waals surface area contributed by atoms with Gasteiger partial charge in [-0.2, -0.15) is 13.2 Å². The number of imidazole rings is 1. The van der Waals surface area contributed by atoms with Crippen molar-refractivity contribution in [2.75, 3.05) is 11.5 Å². The van der Waals surface area contributed by atoms with E-state index in [4.69, 9.17) is 0 Å². The molecule has 7 nitrogen and oxygen atoms in total. The van der Waals surface area contributed by atoms with Crippen LogP contribution in [0.15, 0.2) is 67.1 Å². The van der Waals surface area contributed by atoms with Crippen LogP contribution in [0.2, 0.25) is 0 Å². The second-order valence-electron chi connectivity index (χ2n) is 5.85. The molecule has 142 valence electrons. The molecule has 28 heavy (non-hydrogen) atoms. The predicted octanol–water partition coefficient (Wildman–Crippen LogP) is 2.97. The van der Waals surface area contributed by atoms with Crippen molar-refractivity contribution < 1.29 is 18.3 Å². The highest BCUT2D eigenvalue weighted by Crippen LogP contribution is 2.29. The minimum Gasteiger partial charge on any atom is -0.392 e. The molecule has 0 saturated carbocycles. The standard InChI is InChI=1S/C18H13F3N6O/c19-18(20,21)14-10-27-13(7-24-16(27)8-23-14)17-22-5-4-15(25-17)26-6-2-1-3-12(9-26)11-28/h1-10,28H,11H2. The maximum atomic E-state index is 13.0. The van der Waals surface area contributed by atoms with E-state index in [2.05, 4.69) is 19.9 Å². The van der Waals surface area contributed by atoms with E-state index < -0.39 is 11.9 Å². The molecule has 4 rings (SSSR count). The maximum Gasteiger partial charge on any atom is 0.434 e. The molecular formula is C18H13F3N6O. The third-order valence-electron chi connectivity index (χ3n) is 3.98. The first-order valence-electron chi connectivity index (χ1n) is 8.14. The van der Waals surface area contributed by atoms with Crippen LogP contribution in [0.3, 0.4) is 0 Å². The number of fused-ring (bicyclic) bond motifs is 1. The van der Waals surface area contributed by atoms with Gasteiger partial charge in [0.25, 0.3) is 0 Å². The molecule has 0 aliphatic carbocycles. The van der Waals surface area contributed by atoms with Gasteiger partial charge in [0, 0.05) is 24.8 Å². The number of aromatic nitrogens is 5. The van der Waals surface area contributed by atoms with E-state index in [1.807, 2.05) is 0 Å². The lowest BCUT2D eigenvalue weighted by Crippen LogP contribution is -2.11. The Morgan fingerprint density at radius 1 is 1.07 bits per heavy atom. The van der Waals surface area contributed by atoms with E-state index in [1.165, 1.54) is 16.8 Å². The second kappa shape index (κ2) is 6.89. The molecule has 0 saturated heterocycles. The number of nitrogens with zero attached hydrogens (tertiary/aromatic N) is 6. The van der Waals surface area contributed by atoms with Crippen LogP contribution in [0.1, 0.15) is 5.69 Å². The summed E-state index contributed by atoms with van der Waals surface area (Å²) in [5.74, 6) is 0.685. The summed E-state index contributed by atoms with van der Waals surface area (Å²) in [6.45, 7) is -0.146. The summed E-state index contributed by atoms with van der Waals surface area (Å²) in [6, 6.07) is 1.65. The Labute approximate surface area is 156 Å². The highest BCUT2D eigenvalue weighted by Gasteiger charge is 2.33. The molecule has 3 aromatic rings. The van der Waals surface area contributed by atoms with Gasteiger partial charge in [0.05, 0.1) is 19.0 Å². The van der Waals surface area contributed by atoms with Crippen LogP contribution in [0.4, 0.5) is 19.0 Å². The van der Waals surface area contributed by atoms with Crippen LogP contribution in [0, 0.1) is 0 Å². The number of anilines is 1. The highest BCUT2D eigenvalue weighted by molar-refractivity contribution is 5.59. The number of hydrogen-bond acceptors (Lipinski definition) is 6. The number of alkyl halides is 3. The number of aliphatic hydroxyl groups excluding tert-OH is 1. The highest BCUT2D eigenvalue weighted by atomic mass is 19.4. The zero-order chi connectivity index (χ0) is 19.7. The molecule has 0 unspecified atom stereocenters. The van der Waals surface area contributed by atoms with Gasteiger partial charge in [0.1, 0.15) is 11.5 Å². The van der Waals surface area contributed by atoms with Crippen LogP contribution in [0.25, 0.3) is 17.2 Å². The van der Waals surface area contributed by atoms with Crippen molar-refractivity contribution in [1.82, 2.24) is 24.3 Å². The smallest absolute Gasteiger partial charge is 0.392 e. The Morgan fingerprint density at radius 2 is 1.93 bits per heavy atom. The molecule has 3 aromatic heterocycles. The molecule has 0 radical (unpaired) electrons. The second-order valence-corrected chi connectivity index (χ2v) is 5.85. The van der Waals surface area contributed by atoms with Gasteiger partial charge in [-0.25, -0.2) is 19.9 Å². The van der Waals surface area contributed by atoms with Crippen LogP contribution >= 0.6 is 0 Å². The van der Waals surface area contributed by atoms with Gasteiger partial charge in [-0.3, -0.25) is 4.40 Å². The molecule has 0 spiro atoms. The summed E-state index contributed by atoms with van der Waals surface area (Å²) in [4.78, 5) is 17.8. The summed E-state index contributed by atoms with van der Waals surface area (Å²) in [6.07, 6.45) is 8.99. The lowest BCUT2D eigenvalue weighted by molar-refractivity contribution is -0.141. The fourth-order valence-electron chi connectivity index (χ4n) is 2.64. The predicted molar refractivity (Wildman–Crippen MR) is 94.9 cm³/mol. The first kappa shape index (κ1) is 17.9. The quantitative estimate of drug-likeness (QED) is 0.746. The zero-order valence-electron chi connectivity index (χ0n) is 14.2. The van der Waals surface area contributed by atoms with Gasteiger partial charge < -0.3 is 10.0 Å². The average Bonchev–Trinajstić information content (AvgIpc) is 2.96. The maximum absolute atomic E-state index is 13.0. The van der Waals surface area contributed by atoms with Gasteiger partial charge in [-0.05, 0) is 17.7 Å². The molecule has 0 aromatic carbocycles. The summed E-state index contributed by atoms with van der Waals surface area (Å²) in [7, 11) is 0. The lowest BCUT2D eigenvalue weighted by Gasteiger charge is -2.15. The van der Waals surface area contributed by atoms with Gasteiger partial charge in [0.15, 0.2) is 17.2 Å². The summed E-state index contributed by atoms with van der Waals surface area (Å²) < 4.78 is 40.2. The molecule has 10 heteroatoms. The van der Waals surface area contributed by atoms with Gasteiger partial charge in [-0.1, -0.05) is 12.2 Å². The number of halogens is 3. The summed E-state index contributed by atoms with van der Waals surface area (Å²) in [5.41, 5.74) is 0.180. The average molecular weight is 386 g/mol. The molecule has 0 amide bonds. The Morgan fingerprint density at radius 3 is 2.71 bits per heavy atom. The van der Waals surface area contributed by atoms with Gasteiger partial charge >= 0.3 is 6.18 Å². The van der Waals surface area contributed by atoms with E-state index in [-0.39, 0.29) is 18.1 Å². The van der Waals surface area contributed by atoms with Crippen molar-refractivity contribution in [2.45, 2.75) is 6.18 Å². The van der Waals surface area contributed by atoms with Crippen LogP contribution < -0.4 is 4.90 Å². The van der Waals surface area contributed by atoms with Gasteiger partial charge in [0.2, 0.25) is 0 Å². The van der Waals surface area contributed by atoms with Crippen molar-refractivity contribution in [3.8, 4) is 11.5 Å². The molecule has 1 N–H and O–H groups in total. The number of rotatable bonds is 3. The normalized spacial score (nSPS) is 14.4. The van der Waals surface area contributed by atoms with E-state index in [1.54, 1.807) is 41.6 Å². The van der Waals surface area contributed by atoms with Crippen molar-refractivity contribution >= 4 is 11.5 Å². The van der Waals surface area contributed by atoms with Crippen LogP contribution in [-0.2, 0) is 6.18 Å². The third kappa shape index (κ3) is 3.37. The first-order chi connectivity index (χ1) is 13.5. The van der Waals surface area contributed by atoms with E-state index >= 15 is 0 Å². The Balaban J connectivity index is 1.78. The minimum absolute atomic E-state index is 0.146. The molecule has 0 atom stereocenters. The molecular weight excluding hydrogens is 373 g/mol. The number of allylic oxidation sites excluding steroid dienone is 2. The molecule has 0 bridgehead atoms.